The highest BCUT2D eigenvalue weighted by molar-refractivity contribution is 5.86. The molecule has 1 rings (SSSR count). The zero-order valence-electron chi connectivity index (χ0n) is 17.7. The minimum Gasteiger partial charge on any atom is -0.469 e. The summed E-state index contributed by atoms with van der Waals surface area (Å²) in [7, 11) is 1.39. The van der Waals surface area contributed by atoms with E-state index in [4.69, 9.17) is 4.74 Å². The summed E-state index contributed by atoms with van der Waals surface area (Å²) in [5, 5.41) is 3.27. The van der Waals surface area contributed by atoms with Crippen molar-refractivity contribution in [1.29, 1.82) is 0 Å². The number of ether oxygens (including phenoxy) is 2. The monoisotopic (exact) mass is 384 g/mol. The van der Waals surface area contributed by atoms with E-state index in [0.29, 0.717) is 25.9 Å². The summed E-state index contributed by atoms with van der Waals surface area (Å²) in [5.41, 5.74) is -1.22. The highest BCUT2D eigenvalue weighted by atomic mass is 16.6. The van der Waals surface area contributed by atoms with Crippen molar-refractivity contribution in [3.8, 4) is 0 Å². The number of rotatable bonds is 8. The first kappa shape index (κ1) is 23.4. The van der Waals surface area contributed by atoms with Crippen LogP contribution in [0, 0.1) is 0 Å². The molecule has 1 atom stereocenters. The summed E-state index contributed by atoms with van der Waals surface area (Å²) in [6, 6.07) is -0.408. The molecule has 1 amide bonds. The maximum absolute atomic E-state index is 12.7. The summed E-state index contributed by atoms with van der Waals surface area (Å²) < 4.78 is 10.1. The van der Waals surface area contributed by atoms with Crippen molar-refractivity contribution >= 4 is 17.8 Å². The number of unbranched alkanes of at least 4 members (excludes halogenated alkanes) is 3. The minimum atomic E-state index is -0.650. The van der Waals surface area contributed by atoms with Gasteiger partial charge in [-0.15, -0.1) is 0 Å². The van der Waals surface area contributed by atoms with Crippen LogP contribution in [0.25, 0.3) is 0 Å². The quantitative estimate of drug-likeness (QED) is 0.511. The van der Waals surface area contributed by atoms with E-state index >= 15 is 0 Å². The van der Waals surface area contributed by atoms with E-state index in [1.165, 1.54) is 7.11 Å². The Balaban J connectivity index is 2.51. The Labute approximate surface area is 163 Å². The van der Waals surface area contributed by atoms with E-state index in [2.05, 4.69) is 10.1 Å². The number of nitrogens with zero attached hydrogens (tertiary/aromatic N) is 1. The first-order valence-electron chi connectivity index (χ1n) is 9.82. The van der Waals surface area contributed by atoms with Gasteiger partial charge in [-0.2, -0.15) is 0 Å². The Morgan fingerprint density at radius 2 is 1.67 bits per heavy atom. The highest BCUT2D eigenvalue weighted by Gasteiger charge is 2.45. The smallest absolute Gasteiger partial charge is 0.410 e. The molecule has 0 radical (unpaired) electrons. The van der Waals surface area contributed by atoms with Crippen LogP contribution in [0.4, 0.5) is 4.79 Å². The van der Waals surface area contributed by atoms with Gasteiger partial charge in [-0.1, -0.05) is 12.8 Å². The molecule has 7 nitrogen and oxygen atoms in total. The van der Waals surface area contributed by atoms with E-state index in [0.717, 1.165) is 25.7 Å². The third-order valence-corrected chi connectivity index (χ3v) is 4.80. The van der Waals surface area contributed by atoms with Gasteiger partial charge >= 0.3 is 12.1 Å². The fourth-order valence-electron chi connectivity index (χ4n) is 3.33. The number of Topliss-reactive ketones (excluding diaryl/α,β-unsaturated/α-hetero) is 1. The number of hydrogen-bond acceptors (Lipinski definition) is 6. The predicted molar refractivity (Wildman–Crippen MR) is 104 cm³/mol. The van der Waals surface area contributed by atoms with E-state index in [1.807, 2.05) is 34.6 Å². The zero-order chi connectivity index (χ0) is 20.7. The molecule has 0 aromatic carbocycles. The summed E-state index contributed by atoms with van der Waals surface area (Å²) in [4.78, 5) is 38.0. The molecule has 1 saturated heterocycles. The van der Waals surface area contributed by atoms with Crippen LogP contribution in [0.1, 0.15) is 73.1 Å². The van der Waals surface area contributed by atoms with Gasteiger partial charge in [0.1, 0.15) is 5.60 Å². The standard InChI is InChI=1S/C20H36N2O5/c1-19(2,3)27-18(25)22-14-13-21-17(20(22,4)5)15(23)11-9-7-8-10-12-16(24)26-6/h17,21H,7-14H2,1-6H3. The largest absolute Gasteiger partial charge is 0.469 e. The SMILES string of the molecule is COC(=O)CCCCCCC(=O)C1NCCN(C(=O)OC(C)(C)C)C1(C)C. The molecule has 1 unspecified atom stereocenters. The second-order valence-electron chi connectivity index (χ2n) is 8.63. The molecular formula is C20H36N2O5. The Kier molecular flexibility index (Phi) is 8.72. The van der Waals surface area contributed by atoms with Gasteiger partial charge in [0.2, 0.25) is 0 Å². The molecule has 0 aromatic rings. The van der Waals surface area contributed by atoms with Gasteiger partial charge in [0.05, 0.1) is 18.7 Å². The van der Waals surface area contributed by atoms with E-state index in [-0.39, 0.29) is 17.8 Å². The van der Waals surface area contributed by atoms with Crippen LogP contribution in [0.2, 0.25) is 0 Å². The first-order chi connectivity index (χ1) is 12.5. The van der Waals surface area contributed by atoms with Gasteiger partial charge in [0.15, 0.2) is 5.78 Å². The van der Waals surface area contributed by atoms with Crippen LogP contribution >= 0.6 is 0 Å². The van der Waals surface area contributed by atoms with Crippen molar-refractivity contribution < 1.29 is 23.9 Å². The van der Waals surface area contributed by atoms with E-state index in [1.54, 1.807) is 4.90 Å². The number of amides is 1. The zero-order valence-corrected chi connectivity index (χ0v) is 17.7. The lowest BCUT2D eigenvalue weighted by molar-refractivity contribution is -0.140. The van der Waals surface area contributed by atoms with Crippen molar-refractivity contribution in [1.82, 2.24) is 10.2 Å². The average molecular weight is 385 g/mol. The molecule has 1 aliphatic rings. The number of piperazine rings is 1. The first-order valence-corrected chi connectivity index (χ1v) is 9.82. The molecule has 1 fully saturated rings. The van der Waals surface area contributed by atoms with Crippen LogP contribution in [-0.4, -0.2) is 60.1 Å². The van der Waals surface area contributed by atoms with Gasteiger partial charge in [0.25, 0.3) is 0 Å². The Hall–Kier alpha value is -1.63. The molecule has 0 saturated carbocycles. The van der Waals surface area contributed by atoms with Crippen LogP contribution < -0.4 is 5.32 Å². The maximum Gasteiger partial charge on any atom is 0.410 e. The molecule has 0 spiro atoms. The second kappa shape index (κ2) is 10.1. The van der Waals surface area contributed by atoms with Crippen molar-refractivity contribution in [2.24, 2.45) is 0 Å². The van der Waals surface area contributed by atoms with Crippen LogP contribution in [0.5, 0.6) is 0 Å². The molecule has 0 aliphatic carbocycles. The molecule has 1 heterocycles. The summed E-state index contributed by atoms with van der Waals surface area (Å²) in [5.74, 6) is -0.0808. The fourth-order valence-corrected chi connectivity index (χ4v) is 3.33. The van der Waals surface area contributed by atoms with E-state index in [9.17, 15) is 14.4 Å². The molecule has 7 heteroatoms. The third-order valence-electron chi connectivity index (χ3n) is 4.80. The van der Waals surface area contributed by atoms with Crippen molar-refractivity contribution in [2.75, 3.05) is 20.2 Å². The number of hydrogen-bond donors (Lipinski definition) is 1. The summed E-state index contributed by atoms with van der Waals surface area (Å²) >= 11 is 0. The van der Waals surface area contributed by atoms with Crippen molar-refractivity contribution in [3.05, 3.63) is 0 Å². The number of carbonyl (C=O) groups excluding carboxylic acids is 3. The highest BCUT2D eigenvalue weighted by Crippen LogP contribution is 2.26. The number of ketones is 1. The molecule has 1 N–H and O–H groups in total. The molecule has 0 bridgehead atoms. The fraction of sp³-hybridized carbons (Fsp3) is 0.850. The average Bonchev–Trinajstić information content (AvgIpc) is 2.55. The second-order valence-corrected chi connectivity index (χ2v) is 8.63. The molecule has 0 aromatic heterocycles. The van der Waals surface area contributed by atoms with Gasteiger partial charge < -0.3 is 14.8 Å². The Morgan fingerprint density at radius 1 is 1.07 bits per heavy atom. The van der Waals surface area contributed by atoms with Gasteiger partial charge in [-0.05, 0) is 47.5 Å². The number of nitrogens with one attached hydrogen (secondary N) is 1. The Morgan fingerprint density at radius 3 is 2.22 bits per heavy atom. The topological polar surface area (TPSA) is 84.9 Å². The molecule has 1 aliphatic heterocycles. The maximum atomic E-state index is 12.7. The Bertz CT molecular complexity index is 525. The van der Waals surface area contributed by atoms with Gasteiger partial charge in [-0.3, -0.25) is 14.5 Å². The minimum absolute atomic E-state index is 0.112. The van der Waals surface area contributed by atoms with Crippen LogP contribution in [0.15, 0.2) is 0 Å². The number of esters is 1. The van der Waals surface area contributed by atoms with Crippen molar-refractivity contribution in [2.45, 2.75) is 90.3 Å². The number of methoxy groups -OCH3 is 1. The lowest BCUT2D eigenvalue weighted by Gasteiger charge is -2.47. The van der Waals surface area contributed by atoms with Crippen LogP contribution in [0.3, 0.4) is 0 Å². The lowest BCUT2D eigenvalue weighted by atomic mass is 9.85. The molecular weight excluding hydrogens is 348 g/mol. The third kappa shape index (κ3) is 7.48. The molecule has 156 valence electrons. The van der Waals surface area contributed by atoms with Gasteiger partial charge in [-0.25, -0.2) is 4.79 Å². The van der Waals surface area contributed by atoms with Crippen LogP contribution in [-0.2, 0) is 19.1 Å². The normalized spacial score (nSPS) is 19.5. The summed E-state index contributed by atoms with van der Waals surface area (Å²) in [6.07, 6.45) is 3.85. The van der Waals surface area contributed by atoms with Crippen molar-refractivity contribution in [3.63, 3.8) is 0 Å². The van der Waals surface area contributed by atoms with E-state index < -0.39 is 17.2 Å². The van der Waals surface area contributed by atoms with Gasteiger partial charge in [0, 0.05) is 25.9 Å². The lowest BCUT2D eigenvalue weighted by Crippen LogP contribution is -2.68. The predicted octanol–water partition coefficient (Wildman–Crippen LogP) is 3.06. The summed E-state index contributed by atoms with van der Waals surface area (Å²) in [6.45, 7) is 10.4. The number of carbonyl (C=O) groups is 3. The molecule has 27 heavy (non-hydrogen) atoms.